The molecule has 19 heavy (non-hydrogen) atoms. The second-order valence-corrected chi connectivity index (χ2v) is 3.76. The van der Waals surface area contributed by atoms with E-state index in [-0.39, 0.29) is 12.4 Å². The average molecular weight is 271 g/mol. The van der Waals surface area contributed by atoms with Crippen LogP contribution in [0, 0.1) is 5.82 Å². The Bertz CT molecular complexity index is 412. The molecule has 1 N–H and O–H groups in total. The number of halogens is 1. The molecule has 1 rings (SSSR count). The van der Waals surface area contributed by atoms with Crippen molar-refractivity contribution in [1.29, 1.82) is 0 Å². The van der Waals surface area contributed by atoms with E-state index in [1.807, 2.05) is 0 Å². The number of methoxy groups -OCH3 is 2. The van der Waals surface area contributed by atoms with Crippen LogP contribution in [0.2, 0.25) is 0 Å². The molecule has 0 bridgehead atoms. The van der Waals surface area contributed by atoms with Crippen molar-refractivity contribution in [3.63, 3.8) is 0 Å². The third kappa shape index (κ3) is 5.23. The zero-order valence-corrected chi connectivity index (χ0v) is 11.1. The van der Waals surface area contributed by atoms with Gasteiger partial charge in [-0.25, -0.2) is 9.18 Å². The predicted molar refractivity (Wildman–Crippen MR) is 67.5 cm³/mol. The van der Waals surface area contributed by atoms with Gasteiger partial charge >= 0.3 is 5.97 Å². The second-order valence-electron chi connectivity index (χ2n) is 3.76. The number of rotatable bonds is 8. The molecule has 0 spiro atoms. The summed E-state index contributed by atoms with van der Waals surface area (Å²) in [6.45, 7) is 1.32. The van der Waals surface area contributed by atoms with E-state index in [0.29, 0.717) is 25.3 Å². The highest BCUT2D eigenvalue weighted by atomic mass is 19.1. The molecule has 1 aromatic rings. The van der Waals surface area contributed by atoms with E-state index in [1.165, 1.54) is 13.2 Å². The van der Waals surface area contributed by atoms with Crippen molar-refractivity contribution in [3.8, 4) is 5.75 Å². The van der Waals surface area contributed by atoms with E-state index in [9.17, 15) is 9.18 Å². The molecule has 0 heterocycles. The SMILES string of the molecule is COCCNCc1cccc(F)c1OCC(=O)OC. The van der Waals surface area contributed by atoms with E-state index < -0.39 is 11.8 Å². The fourth-order valence-corrected chi connectivity index (χ4v) is 1.44. The number of hydrogen-bond acceptors (Lipinski definition) is 5. The maximum absolute atomic E-state index is 13.7. The quantitative estimate of drug-likeness (QED) is 0.567. The normalized spacial score (nSPS) is 10.3. The first-order valence-electron chi connectivity index (χ1n) is 5.85. The van der Waals surface area contributed by atoms with Crippen LogP contribution < -0.4 is 10.1 Å². The van der Waals surface area contributed by atoms with E-state index in [2.05, 4.69) is 10.1 Å². The minimum absolute atomic E-state index is 0.0674. The summed E-state index contributed by atoms with van der Waals surface area (Å²) >= 11 is 0. The molecule has 0 saturated carbocycles. The molecule has 0 aliphatic heterocycles. The number of carbonyl (C=O) groups excluding carboxylic acids is 1. The van der Waals surface area contributed by atoms with Gasteiger partial charge in [-0.1, -0.05) is 12.1 Å². The first kappa shape index (κ1) is 15.4. The number of benzene rings is 1. The van der Waals surface area contributed by atoms with E-state index in [1.54, 1.807) is 19.2 Å². The summed E-state index contributed by atoms with van der Waals surface area (Å²) in [5.74, 6) is -0.991. The number of esters is 1. The van der Waals surface area contributed by atoms with Crippen LogP contribution in [0.5, 0.6) is 5.75 Å². The van der Waals surface area contributed by atoms with Crippen molar-refractivity contribution >= 4 is 5.97 Å². The molecule has 0 saturated heterocycles. The number of para-hydroxylation sites is 1. The van der Waals surface area contributed by atoms with E-state index in [4.69, 9.17) is 9.47 Å². The van der Waals surface area contributed by atoms with Gasteiger partial charge in [0.2, 0.25) is 0 Å². The molecule has 5 nitrogen and oxygen atoms in total. The monoisotopic (exact) mass is 271 g/mol. The average Bonchev–Trinajstić information content (AvgIpc) is 2.42. The first-order chi connectivity index (χ1) is 9.19. The Morgan fingerprint density at radius 3 is 2.84 bits per heavy atom. The number of ether oxygens (including phenoxy) is 3. The van der Waals surface area contributed by atoms with E-state index >= 15 is 0 Å². The van der Waals surface area contributed by atoms with Crippen LogP contribution in [0.1, 0.15) is 5.56 Å². The molecule has 0 aromatic heterocycles. The Kier molecular flexibility index (Phi) is 6.84. The van der Waals surface area contributed by atoms with Gasteiger partial charge in [-0.3, -0.25) is 0 Å². The molecule has 0 unspecified atom stereocenters. The standard InChI is InChI=1S/C13H18FNO4/c1-17-7-6-15-8-10-4-3-5-11(14)13(10)19-9-12(16)18-2/h3-5,15H,6-9H2,1-2H3. The molecular formula is C13H18FNO4. The Hall–Kier alpha value is -1.66. The van der Waals surface area contributed by atoms with Crippen molar-refractivity contribution in [2.75, 3.05) is 34.0 Å². The third-order valence-electron chi connectivity index (χ3n) is 2.41. The van der Waals surface area contributed by atoms with Gasteiger partial charge < -0.3 is 19.5 Å². The van der Waals surface area contributed by atoms with Crippen molar-refractivity contribution in [1.82, 2.24) is 5.32 Å². The van der Waals surface area contributed by atoms with Crippen LogP contribution in [0.15, 0.2) is 18.2 Å². The number of carbonyl (C=O) groups is 1. The molecular weight excluding hydrogens is 253 g/mol. The molecule has 106 valence electrons. The number of nitrogens with one attached hydrogen (secondary N) is 1. The highest BCUT2D eigenvalue weighted by molar-refractivity contribution is 5.70. The highest BCUT2D eigenvalue weighted by Crippen LogP contribution is 2.22. The van der Waals surface area contributed by atoms with Crippen LogP contribution in [0.3, 0.4) is 0 Å². The van der Waals surface area contributed by atoms with Gasteiger partial charge in [0.15, 0.2) is 18.2 Å². The molecule has 1 aromatic carbocycles. The maximum atomic E-state index is 13.7. The largest absolute Gasteiger partial charge is 0.478 e. The topological polar surface area (TPSA) is 56.8 Å². The summed E-state index contributed by atoms with van der Waals surface area (Å²) in [5.41, 5.74) is 0.639. The lowest BCUT2D eigenvalue weighted by atomic mass is 10.2. The van der Waals surface area contributed by atoms with Gasteiger partial charge in [0, 0.05) is 25.8 Å². The summed E-state index contributed by atoms with van der Waals surface area (Å²) in [4.78, 5) is 11.0. The van der Waals surface area contributed by atoms with Crippen LogP contribution in [-0.2, 0) is 20.8 Å². The summed E-state index contributed by atoms with van der Waals surface area (Å²) in [7, 11) is 2.86. The summed E-state index contributed by atoms with van der Waals surface area (Å²) in [5, 5.41) is 3.08. The van der Waals surface area contributed by atoms with Crippen LogP contribution in [0.25, 0.3) is 0 Å². The van der Waals surface area contributed by atoms with Gasteiger partial charge in [-0.2, -0.15) is 0 Å². The lowest BCUT2D eigenvalue weighted by molar-refractivity contribution is -0.142. The Labute approximate surface area is 111 Å². The maximum Gasteiger partial charge on any atom is 0.343 e. The lowest BCUT2D eigenvalue weighted by Gasteiger charge is -2.12. The minimum Gasteiger partial charge on any atom is -0.478 e. The molecule has 0 aliphatic rings. The molecule has 0 amide bonds. The minimum atomic E-state index is -0.554. The van der Waals surface area contributed by atoms with Crippen molar-refractivity contribution in [2.24, 2.45) is 0 Å². The summed E-state index contributed by atoms with van der Waals surface area (Å²) < 4.78 is 28.2. The Morgan fingerprint density at radius 1 is 1.37 bits per heavy atom. The fraction of sp³-hybridized carbons (Fsp3) is 0.462. The molecule has 0 atom stereocenters. The van der Waals surface area contributed by atoms with Gasteiger partial charge in [0.1, 0.15) is 0 Å². The lowest BCUT2D eigenvalue weighted by Crippen LogP contribution is -2.20. The second kappa shape index (κ2) is 8.44. The van der Waals surface area contributed by atoms with Crippen LogP contribution >= 0.6 is 0 Å². The van der Waals surface area contributed by atoms with Gasteiger partial charge in [-0.15, -0.1) is 0 Å². The van der Waals surface area contributed by atoms with Crippen molar-refractivity contribution in [2.45, 2.75) is 6.54 Å². The predicted octanol–water partition coefficient (Wildman–Crippen LogP) is 1.11. The summed E-state index contributed by atoms with van der Waals surface area (Å²) in [6.07, 6.45) is 0. The zero-order chi connectivity index (χ0) is 14.1. The first-order valence-corrected chi connectivity index (χ1v) is 5.85. The fourth-order valence-electron chi connectivity index (χ4n) is 1.44. The zero-order valence-electron chi connectivity index (χ0n) is 11.1. The third-order valence-corrected chi connectivity index (χ3v) is 2.41. The van der Waals surface area contributed by atoms with Gasteiger partial charge in [-0.05, 0) is 6.07 Å². The van der Waals surface area contributed by atoms with Crippen molar-refractivity contribution in [3.05, 3.63) is 29.6 Å². The van der Waals surface area contributed by atoms with Gasteiger partial charge in [0.05, 0.1) is 13.7 Å². The Morgan fingerprint density at radius 2 is 2.16 bits per heavy atom. The molecule has 0 radical (unpaired) electrons. The Balaban J connectivity index is 2.63. The molecule has 0 fully saturated rings. The van der Waals surface area contributed by atoms with E-state index in [0.717, 1.165) is 0 Å². The van der Waals surface area contributed by atoms with Crippen molar-refractivity contribution < 1.29 is 23.4 Å². The van der Waals surface area contributed by atoms with Crippen LogP contribution in [0.4, 0.5) is 4.39 Å². The highest BCUT2D eigenvalue weighted by Gasteiger charge is 2.11. The summed E-state index contributed by atoms with van der Waals surface area (Å²) in [6, 6.07) is 4.61. The van der Waals surface area contributed by atoms with Crippen LogP contribution in [-0.4, -0.2) is 39.9 Å². The van der Waals surface area contributed by atoms with Gasteiger partial charge in [0.25, 0.3) is 0 Å². The molecule has 0 aliphatic carbocycles. The smallest absolute Gasteiger partial charge is 0.343 e. The number of hydrogen-bond donors (Lipinski definition) is 1. The molecule has 6 heteroatoms.